The number of rotatable bonds is 7. The molecule has 0 aromatic heterocycles. The molecule has 132 valence electrons. The second kappa shape index (κ2) is 7.05. The Morgan fingerprint density at radius 2 is 1.96 bits per heavy atom. The number of hydrogen-bond acceptors (Lipinski definition) is 3. The zero-order valence-electron chi connectivity index (χ0n) is 14.1. The largest absolute Gasteiger partial charge is 0.434 e. The van der Waals surface area contributed by atoms with Gasteiger partial charge < -0.3 is 15.0 Å². The van der Waals surface area contributed by atoms with Gasteiger partial charge in [-0.1, -0.05) is 12.1 Å². The molecule has 3 rings (SSSR count). The summed E-state index contributed by atoms with van der Waals surface area (Å²) in [5, 5.41) is 3.39. The number of halogens is 2. The van der Waals surface area contributed by atoms with E-state index in [-0.39, 0.29) is 11.7 Å². The summed E-state index contributed by atoms with van der Waals surface area (Å²) >= 11 is 0. The van der Waals surface area contributed by atoms with Crippen molar-refractivity contribution in [1.82, 2.24) is 10.2 Å². The molecule has 0 unspecified atom stereocenters. The summed E-state index contributed by atoms with van der Waals surface area (Å²) in [6.07, 6.45) is 2.93. The third-order valence-electron chi connectivity index (χ3n) is 4.72. The molecule has 1 aliphatic carbocycles. The van der Waals surface area contributed by atoms with Crippen LogP contribution < -0.4 is 10.1 Å². The minimum Gasteiger partial charge on any atom is -0.434 e. The van der Waals surface area contributed by atoms with Crippen LogP contribution in [-0.4, -0.2) is 36.5 Å². The maximum atomic E-state index is 12.4. The highest BCUT2D eigenvalue weighted by molar-refractivity contribution is 5.79. The normalized spacial score (nSPS) is 21.0. The van der Waals surface area contributed by atoms with Gasteiger partial charge in [0.15, 0.2) is 0 Å². The van der Waals surface area contributed by atoms with Crippen LogP contribution in [0.1, 0.15) is 36.0 Å². The highest BCUT2D eigenvalue weighted by atomic mass is 19.3. The molecule has 6 heteroatoms. The third kappa shape index (κ3) is 4.04. The van der Waals surface area contributed by atoms with Gasteiger partial charge in [-0.3, -0.25) is 4.79 Å². The Morgan fingerprint density at radius 1 is 1.29 bits per heavy atom. The molecule has 2 fully saturated rings. The van der Waals surface area contributed by atoms with Crippen molar-refractivity contribution < 1.29 is 18.3 Å². The van der Waals surface area contributed by atoms with Gasteiger partial charge >= 0.3 is 6.61 Å². The highest BCUT2D eigenvalue weighted by Gasteiger charge is 2.38. The fourth-order valence-corrected chi connectivity index (χ4v) is 3.52. The van der Waals surface area contributed by atoms with Gasteiger partial charge in [0.1, 0.15) is 5.75 Å². The fourth-order valence-electron chi connectivity index (χ4n) is 3.52. The van der Waals surface area contributed by atoms with Crippen LogP contribution in [0.3, 0.4) is 0 Å². The van der Waals surface area contributed by atoms with Crippen molar-refractivity contribution in [3.05, 3.63) is 28.8 Å². The highest BCUT2D eigenvalue weighted by Crippen LogP contribution is 2.32. The van der Waals surface area contributed by atoms with Gasteiger partial charge in [-0.05, 0) is 49.3 Å². The van der Waals surface area contributed by atoms with Crippen molar-refractivity contribution in [3.8, 4) is 5.75 Å². The maximum absolute atomic E-state index is 12.4. The number of hydrogen-bond donors (Lipinski definition) is 1. The van der Waals surface area contributed by atoms with Crippen LogP contribution >= 0.6 is 0 Å². The minimum atomic E-state index is -2.80. The summed E-state index contributed by atoms with van der Waals surface area (Å²) in [6, 6.07) is 4.23. The van der Waals surface area contributed by atoms with Gasteiger partial charge in [0.05, 0.1) is 0 Å². The lowest BCUT2D eigenvalue weighted by molar-refractivity contribution is -0.128. The average Bonchev–Trinajstić information content (AvgIpc) is 3.27. The Hall–Kier alpha value is -1.69. The molecule has 1 aliphatic heterocycles. The van der Waals surface area contributed by atoms with Gasteiger partial charge in [-0.25, -0.2) is 0 Å². The number of likely N-dealkylation sites (tertiary alicyclic amines) is 1. The molecule has 2 aliphatic rings. The summed E-state index contributed by atoms with van der Waals surface area (Å²) in [5.74, 6) is 0.904. The number of ether oxygens (including phenoxy) is 1. The Kier molecular flexibility index (Phi) is 5.04. The number of benzene rings is 1. The maximum Gasteiger partial charge on any atom is 0.387 e. The van der Waals surface area contributed by atoms with Crippen LogP contribution in [-0.2, 0) is 11.3 Å². The summed E-state index contributed by atoms with van der Waals surface area (Å²) in [6.45, 7) is 3.05. The van der Waals surface area contributed by atoms with E-state index >= 15 is 0 Å². The number of amides is 1. The molecule has 0 bridgehead atoms. The van der Waals surface area contributed by atoms with Gasteiger partial charge in [0.25, 0.3) is 0 Å². The minimum absolute atomic E-state index is 0.259. The molecule has 1 amide bonds. The fraction of sp³-hybridized carbons (Fsp3) is 0.611. The summed E-state index contributed by atoms with van der Waals surface area (Å²) in [7, 11) is 0. The van der Waals surface area contributed by atoms with Crippen molar-refractivity contribution in [1.29, 1.82) is 0 Å². The smallest absolute Gasteiger partial charge is 0.387 e. The van der Waals surface area contributed by atoms with Crippen LogP contribution in [0, 0.1) is 19.8 Å². The van der Waals surface area contributed by atoms with E-state index in [4.69, 9.17) is 0 Å². The van der Waals surface area contributed by atoms with Crippen molar-refractivity contribution in [2.45, 2.75) is 52.3 Å². The number of carbonyl (C=O) groups excluding carboxylic acids is 1. The standard InChI is InChI=1S/C18H24F2N2O2/c1-11-5-13(6-12(2)17(11)24-18(19)20)8-21-9-14-7-16(23)22(10-14)15-3-4-15/h5-6,14-15,18,21H,3-4,7-10H2,1-2H3/t14-/m1/s1. The van der Waals surface area contributed by atoms with E-state index in [0.717, 1.165) is 31.5 Å². The molecule has 1 saturated heterocycles. The Balaban J connectivity index is 1.51. The first kappa shape index (κ1) is 17.1. The topological polar surface area (TPSA) is 41.6 Å². The average molecular weight is 338 g/mol. The lowest BCUT2D eigenvalue weighted by atomic mass is 10.0. The van der Waals surface area contributed by atoms with E-state index in [1.54, 1.807) is 13.8 Å². The molecule has 1 heterocycles. The monoisotopic (exact) mass is 338 g/mol. The predicted molar refractivity (Wildman–Crippen MR) is 87.1 cm³/mol. The first-order valence-corrected chi connectivity index (χ1v) is 8.49. The summed E-state index contributed by atoms with van der Waals surface area (Å²) in [4.78, 5) is 14.0. The summed E-state index contributed by atoms with van der Waals surface area (Å²) in [5.41, 5.74) is 2.46. The zero-order chi connectivity index (χ0) is 17.3. The molecular weight excluding hydrogens is 314 g/mol. The van der Waals surface area contributed by atoms with E-state index in [2.05, 4.69) is 10.1 Å². The zero-order valence-corrected chi connectivity index (χ0v) is 14.1. The number of nitrogens with zero attached hydrogens (tertiary/aromatic N) is 1. The Morgan fingerprint density at radius 3 is 2.54 bits per heavy atom. The summed E-state index contributed by atoms with van der Waals surface area (Å²) < 4.78 is 29.4. The van der Waals surface area contributed by atoms with E-state index in [1.165, 1.54) is 0 Å². The molecule has 4 nitrogen and oxygen atoms in total. The molecule has 24 heavy (non-hydrogen) atoms. The van der Waals surface area contributed by atoms with Crippen LogP contribution in [0.4, 0.5) is 8.78 Å². The van der Waals surface area contributed by atoms with Crippen LogP contribution in [0.5, 0.6) is 5.75 Å². The lowest BCUT2D eigenvalue weighted by Crippen LogP contribution is -2.29. The molecule has 1 aromatic carbocycles. The number of nitrogens with one attached hydrogen (secondary N) is 1. The molecule has 0 spiro atoms. The van der Waals surface area contributed by atoms with Gasteiger partial charge in [-0.15, -0.1) is 0 Å². The first-order chi connectivity index (χ1) is 11.4. The van der Waals surface area contributed by atoms with Crippen molar-refractivity contribution in [2.24, 2.45) is 5.92 Å². The Bertz CT molecular complexity index is 594. The predicted octanol–water partition coefficient (Wildman–Crippen LogP) is 3.01. The number of alkyl halides is 2. The van der Waals surface area contributed by atoms with Crippen molar-refractivity contribution in [3.63, 3.8) is 0 Å². The molecule has 1 N–H and O–H groups in total. The molecular formula is C18H24F2N2O2. The van der Waals surface area contributed by atoms with Crippen molar-refractivity contribution in [2.75, 3.05) is 13.1 Å². The second-order valence-corrected chi connectivity index (χ2v) is 6.92. The third-order valence-corrected chi connectivity index (χ3v) is 4.72. The van der Waals surface area contributed by atoms with E-state index in [1.807, 2.05) is 17.0 Å². The first-order valence-electron chi connectivity index (χ1n) is 8.49. The van der Waals surface area contributed by atoms with E-state index in [9.17, 15) is 13.6 Å². The second-order valence-electron chi connectivity index (χ2n) is 6.92. The van der Waals surface area contributed by atoms with Crippen LogP contribution in [0.15, 0.2) is 12.1 Å². The number of carbonyl (C=O) groups is 1. The Labute approximate surface area is 141 Å². The molecule has 1 atom stereocenters. The van der Waals surface area contributed by atoms with E-state index < -0.39 is 6.61 Å². The van der Waals surface area contributed by atoms with Gasteiger partial charge in [0.2, 0.25) is 5.91 Å². The number of aryl methyl sites for hydroxylation is 2. The van der Waals surface area contributed by atoms with Crippen LogP contribution in [0.2, 0.25) is 0 Å². The molecule has 1 aromatic rings. The SMILES string of the molecule is Cc1cc(CNC[C@H]2CC(=O)N(C3CC3)C2)cc(C)c1OC(F)F. The van der Waals surface area contributed by atoms with Crippen LogP contribution in [0.25, 0.3) is 0 Å². The van der Waals surface area contributed by atoms with Gasteiger partial charge in [-0.2, -0.15) is 8.78 Å². The van der Waals surface area contributed by atoms with E-state index in [0.29, 0.717) is 36.1 Å². The van der Waals surface area contributed by atoms with Gasteiger partial charge in [0, 0.05) is 32.1 Å². The molecule has 0 radical (unpaired) electrons. The lowest BCUT2D eigenvalue weighted by Gasteiger charge is -2.16. The quantitative estimate of drug-likeness (QED) is 0.831. The van der Waals surface area contributed by atoms with Crippen molar-refractivity contribution >= 4 is 5.91 Å². The molecule has 1 saturated carbocycles.